The van der Waals surface area contributed by atoms with Crippen molar-refractivity contribution in [2.45, 2.75) is 39.7 Å². The monoisotopic (exact) mass is 255 g/mol. The first-order chi connectivity index (χ1) is 8.04. The van der Waals surface area contributed by atoms with Crippen LogP contribution in [0.2, 0.25) is 0 Å². The molecule has 0 radical (unpaired) electrons. The molecule has 0 spiro atoms. The van der Waals surface area contributed by atoms with Crippen LogP contribution in [0.4, 0.5) is 0 Å². The molecule has 1 rings (SSSR count). The zero-order chi connectivity index (χ0) is 12.8. The van der Waals surface area contributed by atoms with E-state index in [1.54, 1.807) is 11.3 Å². The van der Waals surface area contributed by atoms with Crippen LogP contribution in [0.3, 0.4) is 0 Å². The zero-order valence-electron chi connectivity index (χ0n) is 10.7. The highest BCUT2D eigenvalue weighted by Gasteiger charge is 2.16. The van der Waals surface area contributed by atoms with Crippen LogP contribution in [0, 0.1) is 5.92 Å². The van der Waals surface area contributed by atoms with Crippen LogP contribution >= 0.6 is 11.3 Å². The summed E-state index contributed by atoms with van der Waals surface area (Å²) in [5.74, 6) is -0.121. The van der Waals surface area contributed by atoms with Crippen LogP contribution in [0.15, 0.2) is 6.20 Å². The number of hydrogen-bond acceptors (Lipinski definition) is 4. The lowest BCUT2D eigenvalue weighted by Gasteiger charge is -2.14. The van der Waals surface area contributed by atoms with Crippen molar-refractivity contribution in [1.29, 1.82) is 0 Å². The summed E-state index contributed by atoms with van der Waals surface area (Å²) in [6, 6.07) is -0.110. The Hall–Kier alpha value is -0.940. The number of rotatable bonds is 6. The molecule has 1 heterocycles. The van der Waals surface area contributed by atoms with Crippen molar-refractivity contribution in [3.63, 3.8) is 0 Å². The molecule has 2 unspecified atom stereocenters. The van der Waals surface area contributed by atoms with Gasteiger partial charge in [-0.3, -0.25) is 4.79 Å². The number of thiazole rings is 1. The summed E-state index contributed by atoms with van der Waals surface area (Å²) in [6.07, 6.45) is 3.72. The molecule has 1 aromatic heterocycles. The molecule has 17 heavy (non-hydrogen) atoms. The molecule has 0 bridgehead atoms. The van der Waals surface area contributed by atoms with Gasteiger partial charge in [0.05, 0.1) is 5.01 Å². The van der Waals surface area contributed by atoms with Gasteiger partial charge >= 0.3 is 0 Å². The van der Waals surface area contributed by atoms with Crippen LogP contribution in [0.25, 0.3) is 0 Å². The summed E-state index contributed by atoms with van der Waals surface area (Å²) in [5, 5.41) is 3.97. The Morgan fingerprint density at radius 3 is 2.82 bits per heavy atom. The number of carbonyl (C=O) groups excluding carboxylic acids is 1. The number of amides is 1. The van der Waals surface area contributed by atoms with Crippen molar-refractivity contribution >= 4 is 17.2 Å². The number of hydrogen-bond donors (Lipinski definition) is 2. The fourth-order valence-corrected chi connectivity index (χ4v) is 2.18. The maximum atomic E-state index is 11.6. The summed E-state index contributed by atoms with van der Waals surface area (Å²) < 4.78 is 0. The molecule has 1 aromatic rings. The Labute approximate surface area is 107 Å². The van der Waals surface area contributed by atoms with Crippen molar-refractivity contribution < 1.29 is 4.79 Å². The quantitative estimate of drug-likeness (QED) is 0.806. The van der Waals surface area contributed by atoms with Crippen LogP contribution in [0.1, 0.15) is 30.7 Å². The zero-order valence-corrected chi connectivity index (χ0v) is 11.5. The number of aromatic nitrogens is 1. The highest BCUT2D eigenvalue weighted by atomic mass is 32.1. The van der Waals surface area contributed by atoms with Crippen molar-refractivity contribution in [3.05, 3.63) is 16.1 Å². The number of nitrogens with zero attached hydrogens (tertiary/aromatic N) is 1. The molecular weight excluding hydrogens is 234 g/mol. The summed E-state index contributed by atoms with van der Waals surface area (Å²) in [4.78, 5) is 17.2. The predicted molar refractivity (Wildman–Crippen MR) is 71.0 cm³/mol. The summed E-state index contributed by atoms with van der Waals surface area (Å²) >= 11 is 1.71. The van der Waals surface area contributed by atoms with Crippen molar-refractivity contribution in [2.75, 3.05) is 6.54 Å². The van der Waals surface area contributed by atoms with Gasteiger partial charge < -0.3 is 11.1 Å². The SMILES string of the molecule is CCc1cnc(CCNC(=O)C(C)C(C)N)s1. The van der Waals surface area contributed by atoms with Gasteiger partial charge in [0, 0.05) is 36.0 Å². The smallest absolute Gasteiger partial charge is 0.224 e. The number of aryl methyl sites for hydroxylation is 1. The number of carbonyl (C=O) groups is 1. The summed E-state index contributed by atoms with van der Waals surface area (Å²) in [6.45, 7) is 6.44. The number of nitrogens with two attached hydrogens (primary N) is 1. The first-order valence-corrected chi connectivity index (χ1v) is 6.83. The Balaban J connectivity index is 2.30. The van der Waals surface area contributed by atoms with Gasteiger partial charge in [-0.1, -0.05) is 13.8 Å². The second-order valence-electron chi connectivity index (χ2n) is 4.26. The lowest BCUT2D eigenvalue weighted by molar-refractivity contribution is -0.124. The minimum atomic E-state index is -0.141. The van der Waals surface area contributed by atoms with Crippen LogP contribution < -0.4 is 11.1 Å². The molecule has 3 N–H and O–H groups in total. The van der Waals surface area contributed by atoms with Gasteiger partial charge in [-0.25, -0.2) is 4.98 Å². The fourth-order valence-electron chi connectivity index (χ4n) is 1.32. The molecule has 0 aliphatic rings. The first-order valence-electron chi connectivity index (χ1n) is 6.01. The number of nitrogens with one attached hydrogen (secondary N) is 1. The Morgan fingerprint density at radius 1 is 1.59 bits per heavy atom. The molecule has 0 aromatic carbocycles. The average molecular weight is 255 g/mol. The maximum absolute atomic E-state index is 11.6. The summed E-state index contributed by atoms with van der Waals surface area (Å²) in [7, 11) is 0. The van der Waals surface area contributed by atoms with Crippen LogP contribution in [0.5, 0.6) is 0 Å². The van der Waals surface area contributed by atoms with Crippen LogP contribution in [-0.4, -0.2) is 23.5 Å². The third-order valence-corrected chi connectivity index (χ3v) is 3.99. The van der Waals surface area contributed by atoms with Crippen molar-refractivity contribution in [1.82, 2.24) is 10.3 Å². The minimum absolute atomic E-state index is 0.0206. The fraction of sp³-hybridized carbons (Fsp3) is 0.667. The lowest BCUT2D eigenvalue weighted by Crippen LogP contribution is -2.39. The molecule has 96 valence electrons. The molecule has 0 aliphatic carbocycles. The highest BCUT2D eigenvalue weighted by Crippen LogP contribution is 2.13. The molecule has 0 saturated carbocycles. The van der Waals surface area contributed by atoms with E-state index in [-0.39, 0.29) is 17.9 Å². The van der Waals surface area contributed by atoms with Gasteiger partial charge in [0.2, 0.25) is 5.91 Å². The molecule has 5 heteroatoms. The van der Waals surface area contributed by atoms with Gasteiger partial charge in [-0.05, 0) is 13.3 Å². The average Bonchev–Trinajstić information content (AvgIpc) is 2.75. The molecular formula is C12H21N3OS. The molecule has 4 nitrogen and oxygen atoms in total. The standard InChI is InChI=1S/C12H21N3OS/c1-4-10-7-15-11(17-10)5-6-14-12(16)8(2)9(3)13/h7-9H,4-6,13H2,1-3H3,(H,14,16). The van der Waals surface area contributed by atoms with Gasteiger partial charge in [0.15, 0.2) is 0 Å². The van der Waals surface area contributed by atoms with E-state index in [1.165, 1.54) is 4.88 Å². The third-order valence-electron chi connectivity index (χ3n) is 2.79. The molecule has 0 fully saturated rings. The lowest BCUT2D eigenvalue weighted by atomic mass is 10.0. The van der Waals surface area contributed by atoms with Crippen molar-refractivity contribution in [2.24, 2.45) is 11.7 Å². The van der Waals surface area contributed by atoms with E-state index < -0.39 is 0 Å². The second kappa shape index (κ2) is 6.71. The Morgan fingerprint density at radius 2 is 2.29 bits per heavy atom. The Bertz CT molecular complexity index is 362. The normalized spacial score (nSPS) is 14.4. The molecule has 0 aliphatic heterocycles. The van der Waals surface area contributed by atoms with E-state index in [1.807, 2.05) is 20.0 Å². The third kappa shape index (κ3) is 4.44. The largest absolute Gasteiger partial charge is 0.355 e. The van der Waals surface area contributed by atoms with Gasteiger partial charge in [0.1, 0.15) is 0 Å². The summed E-state index contributed by atoms with van der Waals surface area (Å²) in [5.41, 5.74) is 5.67. The molecule has 1 amide bonds. The predicted octanol–water partition coefficient (Wildman–Crippen LogP) is 1.35. The molecule has 2 atom stereocenters. The van der Waals surface area contributed by atoms with Crippen LogP contribution in [-0.2, 0) is 17.6 Å². The van der Waals surface area contributed by atoms with E-state index in [2.05, 4.69) is 17.2 Å². The second-order valence-corrected chi connectivity index (χ2v) is 5.46. The molecule has 0 saturated heterocycles. The van der Waals surface area contributed by atoms with Crippen molar-refractivity contribution in [3.8, 4) is 0 Å². The van der Waals surface area contributed by atoms with Gasteiger partial charge in [-0.15, -0.1) is 11.3 Å². The van der Waals surface area contributed by atoms with E-state index in [0.29, 0.717) is 6.54 Å². The topological polar surface area (TPSA) is 68.0 Å². The van der Waals surface area contributed by atoms with E-state index in [0.717, 1.165) is 17.8 Å². The highest BCUT2D eigenvalue weighted by molar-refractivity contribution is 7.11. The maximum Gasteiger partial charge on any atom is 0.224 e. The first kappa shape index (κ1) is 14.1. The Kier molecular flexibility index (Phi) is 5.58. The van der Waals surface area contributed by atoms with E-state index in [9.17, 15) is 4.79 Å². The van der Waals surface area contributed by atoms with Gasteiger partial charge in [-0.2, -0.15) is 0 Å². The van der Waals surface area contributed by atoms with E-state index in [4.69, 9.17) is 5.73 Å². The minimum Gasteiger partial charge on any atom is -0.355 e. The van der Waals surface area contributed by atoms with Gasteiger partial charge in [0.25, 0.3) is 0 Å². The van der Waals surface area contributed by atoms with E-state index >= 15 is 0 Å².